The van der Waals surface area contributed by atoms with E-state index in [1.807, 2.05) is 6.07 Å². The van der Waals surface area contributed by atoms with Crippen molar-refractivity contribution in [1.29, 1.82) is 0 Å². The summed E-state index contributed by atoms with van der Waals surface area (Å²) in [5, 5.41) is 10.4. The summed E-state index contributed by atoms with van der Waals surface area (Å²) in [7, 11) is 1.87. The normalized spacial score (nSPS) is 16.8. The second-order valence-corrected chi connectivity index (χ2v) is 14.7. The molecule has 3 N–H and O–H groups in total. The third-order valence-corrected chi connectivity index (χ3v) is 10.1. The molecule has 0 amide bonds. The zero-order valence-electron chi connectivity index (χ0n) is 27.5. The van der Waals surface area contributed by atoms with Gasteiger partial charge in [0.05, 0.1) is 48.0 Å². The number of rotatable bonds is 11. The van der Waals surface area contributed by atoms with Crippen LogP contribution in [0.3, 0.4) is 0 Å². The highest BCUT2D eigenvalue weighted by Gasteiger charge is 2.28. The number of sulfonamides is 1. The molecule has 2 saturated heterocycles. The van der Waals surface area contributed by atoms with Crippen LogP contribution in [0.4, 0.5) is 40.2 Å². The predicted octanol–water partition coefficient (Wildman–Crippen LogP) is 5.06. The van der Waals surface area contributed by atoms with Gasteiger partial charge >= 0.3 is 0 Å². The molecule has 3 heterocycles. The standard InChI is InChI=1S/C32H46ClN9O3S/c1-22(2)35-26-19-27(30(45-5)20-29(26)42-13-11-23(12-14-42)41-17-15-39(3)16-18-41)37-32-34-21-24(33)31(38-32)36-25-9-7-8-10-28(25)40(4)46(6,43)44/h7-10,19-23,35H,11-18H2,1-6H3,(H2,34,36,37,38). The van der Waals surface area contributed by atoms with Crippen LogP contribution in [0.2, 0.25) is 5.02 Å². The number of hydrogen-bond donors (Lipinski definition) is 3. The summed E-state index contributed by atoms with van der Waals surface area (Å²) >= 11 is 6.49. The van der Waals surface area contributed by atoms with Crippen molar-refractivity contribution < 1.29 is 13.2 Å². The molecule has 0 saturated carbocycles. The average molecular weight is 672 g/mol. The summed E-state index contributed by atoms with van der Waals surface area (Å²) in [6.07, 6.45) is 4.91. The van der Waals surface area contributed by atoms with Gasteiger partial charge < -0.3 is 30.5 Å². The number of piperazine rings is 1. The van der Waals surface area contributed by atoms with Gasteiger partial charge in [-0.1, -0.05) is 23.7 Å². The molecular weight excluding hydrogens is 626 g/mol. The number of aromatic nitrogens is 2. The number of halogens is 1. The first-order chi connectivity index (χ1) is 21.9. The Morgan fingerprint density at radius 3 is 2.35 bits per heavy atom. The van der Waals surface area contributed by atoms with E-state index < -0.39 is 10.0 Å². The summed E-state index contributed by atoms with van der Waals surface area (Å²) in [5.41, 5.74) is 3.81. The predicted molar refractivity (Wildman–Crippen MR) is 189 cm³/mol. The smallest absolute Gasteiger partial charge is 0.232 e. The molecule has 5 rings (SSSR count). The number of nitrogens with zero attached hydrogens (tertiary/aromatic N) is 6. The fourth-order valence-corrected chi connectivity index (χ4v) is 6.63. The molecule has 46 heavy (non-hydrogen) atoms. The van der Waals surface area contributed by atoms with Crippen LogP contribution in [0.1, 0.15) is 26.7 Å². The second kappa shape index (κ2) is 14.5. The van der Waals surface area contributed by atoms with Gasteiger partial charge in [-0.05, 0) is 51.9 Å². The maximum absolute atomic E-state index is 12.2. The maximum Gasteiger partial charge on any atom is 0.232 e. The number of nitrogens with one attached hydrogen (secondary N) is 3. The van der Waals surface area contributed by atoms with Gasteiger partial charge in [0.1, 0.15) is 10.8 Å². The first-order valence-corrected chi connectivity index (χ1v) is 17.9. The van der Waals surface area contributed by atoms with E-state index in [0.29, 0.717) is 40.6 Å². The molecule has 0 radical (unpaired) electrons. The highest BCUT2D eigenvalue weighted by Crippen LogP contribution is 2.40. The van der Waals surface area contributed by atoms with Crippen molar-refractivity contribution >= 4 is 61.8 Å². The minimum Gasteiger partial charge on any atom is -0.494 e. The van der Waals surface area contributed by atoms with Gasteiger partial charge in [0.2, 0.25) is 16.0 Å². The Bertz CT molecular complexity index is 1610. The van der Waals surface area contributed by atoms with Crippen LogP contribution in [0.15, 0.2) is 42.6 Å². The lowest BCUT2D eigenvalue weighted by Gasteiger charge is -2.43. The quantitative estimate of drug-likeness (QED) is 0.254. The lowest BCUT2D eigenvalue weighted by Crippen LogP contribution is -2.52. The van der Waals surface area contributed by atoms with Crippen LogP contribution < -0.4 is 29.9 Å². The van der Waals surface area contributed by atoms with E-state index in [0.717, 1.165) is 69.7 Å². The molecule has 2 aliphatic heterocycles. The van der Waals surface area contributed by atoms with Gasteiger partial charge in [-0.15, -0.1) is 0 Å². The molecule has 3 aromatic rings. The van der Waals surface area contributed by atoms with Crippen molar-refractivity contribution in [2.75, 3.05) is 91.9 Å². The molecule has 2 aliphatic rings. The molecule has 1 aromatic heterocycles. The molecule has 2 fully saturated rings. The lowest BCUT2D eigenvalue weighted by atomic mass is 10.0. The van der Waals surface area contributed by atoms with Gasteiger partial charge in [0.15, 0.2) is 5.82 Å². The number of benzene rings is 2. The largest absolute Gasteiger partial charge is 0.494 e. The lowest BCUT2D eigenvalue weighted by molar-refractivity contribution is 0.0982. The van der Waals surface area contributed by atoms with Crippen LogP contribution >= 0.6 is 11.6 Å². The van der Waals surface area contributed by atoms with E-state index in [1.165, 1.54) is 17.5 Å². The van der Waals surface area contributed by atoms with Gasteiger partial charge in [-0.25, -0.2) is 13.4 Å². The van der Waals surface area contributed by atoms with Crippen molar-refractivity contribution in [3.8, 4) is 5.75 Å². The Balaban J connectivity index is 1.37. The molecule has 12 nitrogen and oxygen atoms in total. The highest BCUT2D eigenvalue weighted by atomic mass is 35.5. The molecule has 250 valence electrons. The molecule has 0 unspecified atom stereocenters. The topological polar surface area (TPSA) is 118 Å². The van der Waals surface area contributed by atoms with Crippen LogP contribution in [0.5, 0.6) is 5.75 Å². The first kappa shape index (κ1) is 33.8. The monoisotopic (exact) mass is 671 g/mol. The van der Waals surface area contributed by atoms with E-state index in [9.17, 15) is 8.42 Å². The summed E-state index contributed by atoms with van der Waals surface area (Å²) in [6, 6.07) is 12.0. The molecule has 0 spiro atoms. The Hall–Kier alpha value is -3.52. The summed E-state index contributed by atoms with van der Waals surface area (Å²) in [6.45, 7) is 10.8. The molecule has 2 aromatic carbocycles. The number of hydrogen-bond acceptors (Lipinski definition) is 11. The molecule has 0 aliphatic carbocycles. The van der Waals surface area contributed by atoms with Crippen LogP contribution in [0, 0.1) is 0 Å². The fourth-order valence-electron chi connectivity index (χ4n) is 5.98. The molecular formula is C32H46ClN9O3S. The third-order valence-electron chi connectivity index (χ3n) is 8.61. The second-order valence-electron chi connectivity index (χ2n) is 12.3. The zero-order valence-corrected chi connectivity index (χ0v) is 29.1. The van der Waals surface area contributed by atoms with E-state index >= 15 is 0 Å². The van der Waals surface area contributed by atoms with E-state index in [2.05, 4.69) is 67.6 Å². The SMILES string of the molecule is COc1cc(N2CCC(N3CCN(C)CC3)CC2)c(NC(C)C)cc1Nc1ncc(Cl)c(Nc2ccccc2N(C)S(C)(=O)=O)n1. The number of para-hydroxylation sites is 2. The zero-order chi connectivity index (χ0) is 33.0. The van der Waals surface area contributed by atoms with E-state index in [-0.39, 0.29) is 11.1 Å². The van der Waals surface area contributed by atoms with Crippen molar-refractivity contribution in [2.45, 2.75) is 38.8 Å². The Morgan fingerprint density at radius 2 is 1.70 bits per heavy atom. The summed E-state index contributed by atoms with van der Waals surface area (Å²) in [4.78, 5) is 16.6. The Morgan fingerprint density at radius 1 is 1.00 bits per heavy atom. The van der Waals surface area contributed by atoms with Gasteiger partial charge in [0.25, 0.3) is 0 Å². The number of methoxy groups -OCH3 is 1. The highest BCUT2D eigenvalue weighted by molar-refractivity contribution is 7.92. The van der Waals surface area contributed by atoms with Gasteiger partial charge in [0, 0.05) is 64.5 Å². The minimum absolute atomic E-state index is 0.218. The summed E-state index contributed by atoms with van der Waals surface area (Å²) in [5.74, 6) is 1.29. The fraction of sp³-hybridized carbons (Fsp3) is 0.500. The van der Waals surface area contributed by atoms with Crippen LogP contribution in [0.25, 0.3) is 0 Å². The third kappa shape index (κ3) is 8.06. The number of anilines is 7. The van der Waals surface area contributed by atoms with E-state index in [1.54, 1.807) is 31.4 Å². The van der Waals surface area contributed by atoms with Crippen molar-refractivity contribution in [1.82, 2.24) is 19.8 Å². The Labute approximate surface area is 278 Å². The molecule has 0 atom stereocenters. The Kier molecular flexibility index (Phi) is 10.7. The average Bonchev–Trinajstić information content (AvgIpc) is 3.02. The number of piperidine rings is 1. The maximum atomic E-state index is 12.2. The van der Waals surface area contributed by atoms with Crippen LogP contribution in [-0.4, -0.2) is 107 Å². The number of likely N-dealkylation sites (N-methyl/N-ethyl adjacent to an activating group) is 1. The van der Waals surface area contributed by atoms with Crippen molar-refractivity contribution in [3.05, 3.63) is 47.6 Å². The van der Waals surface area contributed by atoms with Crippen molar-refractivity contribution in [3.63, 3.8) is 0 Å². The van der Waals surface area contributed by atoms with Crippen LogP contribution in [-0.2, 0) is 10.0 Å². The van der Waals surface area contributed by atoms with E-state index in [4.69, 9.17) is 16.3 Å². The van der Waals surface area contributed by atoms with Crippen molar-refractivity contribution in [2.24, 2.45) is 0 Å². The van der Waals surface area contributed by atoms with Gasteiger partial charge in [-0.2, -0.15) is 4.98 Å². The van der Waals surface area contributed by atoms with Gasteiger partial charge in [-0.3, -0.25) is 9.21 Å². The summed E-state index contributed by atoms with van der Waals surface area (Å²) < 4.78 is 31.6. The molecule has 0 bridgehead atoms. The molecule has 14 heteroatoms. The first-order valence-electron chi connectivity index (χ1n) is 15.7. The number of ether oxygens (including phenoxy) is 1. The minimum atomic E-state index is -3.48.